The molecule has 0 aliphatic rings. The SMILES string of the molecule is CC(C)[C@H](N)C(=O)c1cccnc1. The van der Waals surface area contributed by atoms with Crippen molar-refractivity contribution in [3.63, 3.8) is 0 Å². The van der Waals surface area contributed by atoms with Gasteiger partial charge in [-0.25, -0.2) is 0 Å². The van der Waals surface area contributed by atoms with Gasteiger partial charge in [-0.05, 0) is 18.1 Å². The standard InChI is InChI=1S/C10H14N2O/c1-7(2)9(11)10(13)8-4-3-5-12-6-8/h3-7,9H,11H2,1-2H3/t9-/m0/s1. The number of pyridine rings is 1. The van der Waals surface area contributed by atoms with Gasteiger partial charge in [-0.3, -0.25) is 9.78 Å². The van der Waals surface area contributed by atoms with Gasteiger partial charge in [0.1, 0.15) is 0 Å². The quantitative estimate of drug-likeness (QED) is 0.708. The van der Waals surface area contributed by atoms with E-state index in [4.69, 9.17) is 5.73 Å². The Morgan fingerprint density at radius 2 is 2.23 bits per heavy atom. The summed E-state index contributed by atoms with van der Waals surface area (Å²) in [6.45, 7) is 3.86. The van der Waals surface area contributed by atoms with Crippen molar-refractivity contribution in [3.8, 4) is 0 Å². The van der Waals surface area contributed by atoms with Crippen molar-refractivity contribution in [2.75, 3.05) is 0 Å². The highest BCUT2D eigenvalue weighted by Crippen LogP contribution is 2.06. The van der Waals surface area contributed by atoms with E-state index < -0.39 is 6.04 Å². The zero-order chi connectivity index (χ0) is 9.84. The molecule has 0 unspecified atom stereocenters. The molecule has 2 N–H and O–H groups in total. The van der Waals surface area contributed by atoms with Gasteiger partial charge in [0, 0.05) is 18.0 Å². The van der Waals surface area contributed by atoms with E-state index in [1.54, 1.807) is 24.5 Å². The molecule has 0 saturated carbocycles. The third kappa shape index (κ3) is 2.36. The van der Waals surface area contributed by atoms with Crippen LogP contribution in [0.15, 0.2) is 24.5 Å². The molecule has 0 fully saturated rings. The predicted molar refractivity (Wildman–Crippen MR) is 51.4 cm³/mol. The zero-order valence-electron chi connectivity index (χ0n) is 7.90. The van der Waals surface area contributed by atoms with E-state index in [9.17, 15) is 4.79 Å². The summed E-state index contributed by atoms with van der Waals surface area (Å²) in [6.07, 6.45) is 3.18. The molecule has 1 aromatic rings. The van der Waals surface area contributed by atoms with Gasteiger partial charge < -0.3 is 5.73 Å². The van der Waals surface area contributed by atoms with Crippen LogP contribution in [0.4, 0.5) is 0 Å². The molecule has 0 aliphatic heterocycles. The number of ketones is 1. The lowest BCUT2D eigenvalue weighted by Crippen LogP contribution is -2.35. The van der Waals surface area contributed by atoms with Crippen LogP contribution < -0.4 is 5.73 Å². The molecule has 0 bridgehead atoms. The first-order valence-corrected chi connectivity index (χ1v) is 4.32. The highest BCUT2D eigenvalue weighted by molar-refractivity contribution is 5.99. The van der Waals surface area contributed by atoms with E-state index in [0.29, 0.717) is 5.56 Å². The number of nitrogens with two attached hydrogens (primary N) is 1. The first kappa shape index (κ1) is 9.86. The predicted octanol–water partition coefficient (Wildman–Crippen LogP) is 1.25. The second-order valence-corrected chi connectivity index (χ2v) is 3.38. The molecule has 1 aromatic heterocycles. The Morgan fingerprint density at radius 1 is 1.54 bits per heavy atom. The number of aromatic nitrogens is 1. The molecule has 0 radical (unpaired) electrons. The molecule has 0 saturated heterocycles. The minimum absolute atomic E-state index is 0.0388. The van der Waals surface area contributed by atoms with Crippen LogP contribution >= 0.6 is 0 Å². The fourth-order valence-corrected chi connectivity index (χ4v) is 1.00. The molecular formula is C10H14N2O. The minimum Gasteiger partial charge on any atom is -0.321 e. The summed E-state index contributed by atoms with van der Waals surface area (Å²) in [4.78, 5) is 15.5. The lowest BCUT2D eigenvalue weighted by atomic mass is 9.97. The first-order chi connectivity index (χ1) is 6.13. The van der Waals surface area contributed by atoms with Gasteiger partial charge >= 0.3 is 0 Å². The lowest BCUT2D eigenvalue weighted by molar-refractivity contribution is 0.0940. The van der Waals surface area contributed by atoms with E-state index in [0.717, 1.165) is 0 Å². The summed E-state index contributed by atoms with van der Waals surface area (Å²) < 4.78 is 0. The second kappa shape index (κ2) is 4.14. The van der Waals surface area contributed by atoms with Crippen LogP contribution in [0.1, 0.15) is 24.2 Å². The van der Waals surface area contributed by atoms with E-state index in [1.165, 1.54) is 0 Å². The molecular weight excluding hydrogens is 164 g/mol. The smallest absolute Gasteiger partial charge is 0.181 e. The van der Waals surface area contributed by atoms with Gasteiger partial charge in [0.2, 0.25) is 0 Å². The van der Waals surface area contributed by atoms with E-state index in [-0.39, 0.29) is 11.7 Å². The molecule has 3 nitrogen and oxygen atoms in total. The average Bonchev–Trinajstić information content (AvgIpc) is 2.17. The molecule has 0 spiro atoms. The Kier molecular flexibility index (Phi) is 3.14. The van der Waals surface area contributed by atoms with Crippen LogP contribution in [0.25, 0.3) is 0 Å². The number of Topliss-reactive ketones (excluding diaryl/α,β-unsaturated/α-hetero) is 1. The summed E-state index contributed by atoms with van der Waals surface area (Å²) in [5, 5.41) is 0. The maximum atomic E-state index is 11.6. The topological polar surface area (TPSA) is 56.0 Å². The van der Waals surface area contributed by atoms with Crippen LogP contribution in [0.5, 0.6) is 0 Å². The molecule has 0 aromatic carbocycles. The van der Waals surface area contributed by atoms with Crippen LogP contribution in [0, 0.1) is 5.92 Å². The second-order valence-electron chi connectivity index (χ2n) is 3.38. The zero-order valence-corrected chi connectivity index (χ0v) is 7.90. The van der Waals surface area contributed by atoms with E-state index in [1.807, 2.05) is 13.8 Å². The van der Waals surface area contributed by atoms with E-state index >= 15 is 0 Å². The molecule has 70 valence electrons. The number of hydrogen-bond donors (Lipinski definition) is 1. The van der Waals surface area contributed by atoms with Gasteiger partial charge in [0.15, 0.2) is 5.78 Å². The first-order valence-electron chi connectivity index (χ1n) is 4.32. The largest absolute Gasteiger partial charge is 0.321 e. The van der Waals surface area contributed by atoms with Gasteiger partial charge in [0.25, 0.3) is 0 Å². The van der Waals surface area contributed by atoms with Crippen molar-refractivity contribution in [2.45, 2.75) is 19.9 Å². The normalized spacial score (nSPS) is 12.9. The molecule has 0 amide bonds. The Balaban J connectivity index is 2.80. The third-order valence-electron chi connectivity index (χ3n) is 1.97. The van der Waals surface area contributed by atoms with Crippen LogP contribution in [-0.2, 0) is 0 Å². The van der Waals surface area contributed by atoms with Gasteiger partial charge in [-0.15, -0.1) is 0 Å². The molecule has 0 aliphatic carbocycles. The summed E-state index contributed by atoms with van der Waals surface area (Å²) in [7, 11) is 0. The maximum absolute atomic E-state index is 11.6. The summed E-state index contributed by atoms with van der Waals surface area (Å²) in [5.41, 5.74) is 6.30. The van der Waals surface area contributed by atoms with Gasteiger partial charge in [0.05, 0.1) is 6.04 Å². The molecule has 3 heteroatoms. The highest BCUT2D eigenvalue weighted by Gasteiger charge is 2.18. The number of hydrogen-bond acceptors (Lipinski definition) is 3. The third-order valence-corrected chi connectivity index (χ3v) is 1.97. The van der Waals surface area contributed by atoms with Crippen molar-refractivity contribution in [3.05, 3.63) is 30.1 Å². The molecule has 1 rings (SSSR count). The Labute approximate surface area is 78.0 Å². The van der Waals surface area contributed by atoms with Crippen molar-refractivity contribution in [1.29, 1.82) is 0 Å². The summed E-state index contributed by atoms with van der Waals surface area (Å²) in [5.74, 6) is 0.121. The van der Waals surface area contributed by atoms with Crippen molar-refractivity contribution < 1.29 is 4.79 Å². The van der Waals surface area contributed by atoms with Crippen molar-refractivity contribution in [2.24, 2.45) is 11.7 Å². The monoisotopic (exact) mass is 178 g/mol. The average molecular weight is 178 g/mol. The number of nitrogens with zero attached hydrogens (tertiary/aromatic N) is 1. The van der Waals surface area contributed by atoms with Crippen molar-refractivity contribution >= 4 is 5.78 Å². The fraction of sp³-hybridized carbons (Fsp3) is 0.400. The summed E-state index contributed by atoms with van der Waals surface area (Å²) in [6, 6.07) is 3.04. The number of rotatable bonds is 3. The van der Waals surface area contributed by atoms with E-state index in [2.05, 4.69) is 4.98 Å². The fourth-order valence-electron chi connectivity index (χ4n) is 1.00. The van der Waals surface area contributed by atoms with Crippen LogP contribution in [0.3, 0.4) is 0 Å². The summed E-state index contributed by atoms with van der Waals surface area (Å²) >= 11 is 0. The Bertz CT molecular complexity index is 282. The molecule has 1 atom stereocenters. The van der Waals surface area contributed by atoms with Gasteiger partial charge in [-0.2, -0.15) is 0 Å². The Hall–Kier alpha value is -1.22. The van der Waals surface area contributed by atoms with Gasteiger partial charge in [-0.1, -0.05) is 13.8 Å². The lowest BCUT2D eigenvalue weighted by Gasteiger charge is -2.13. The molecule has 13 heavy (non-hydrogen) atoms. The highest BCUT2D eigenvalue weighted by atomic mass is 16.1. The van der Waals surface area contributed by atoms with Crippen LogP contribution in [0.2, 0.25) is 0 Å². The minimum atomic E-state index is -0.427. The Morgan fingerprint density at radius 3 is 2.69 bits per heavy atom. The number of carbonyl (C=O) groups is 1. The van der Waals surface area contributed by atoms with Crippen LogP contribution in [-0.4, -0.2) is 16.8 Å². The number of carbonyl (C=O) groups excluding carboxylic acids is 1. The molecule has 1 heterocycles. The van der Waals surface area contributed by atoms with Crippen molar-refractivity contribution in [1.82, 2.24) is 4.98 Å². The maximum Gasteiger partial charge on any atom is 0.181 e.